The Morgan fingerprint density at radius 2 is 1.03 bits per heavy atom. The summed E-state index contributed by atoms with van der Waals surface area (Å²) in [5.74, 6) is -3.74. The normalized spacial score (nSPS) is 15.5. The Balaban J connectivity index is 1.76. The van der Waals surface area contributed by atoms with Crippen molar-refractivity contribution in [1.82, 2.24) is 0 Å². The van der Waals surface area contributed by atoms with Crippen molar-refractivity contribution in [3.8, 4) is 0 Å². The highest BCUT2D eigenvalue weighted by atomic mass is 19.4. The molecule has 0 unspecified atom stereocenters. The molecule has 0 spiro atoms. The summed E-state index contributed by atoms with van der Waals surface area (Å²) in [5.41, 5.74) is -3.06. The minimum absolute atomic E-state index is 0.00313. The number of rotatable bonds is 2. The summed E-state index contributed by atoms with van der Waals surface area (Å²) < 4.78 is 41.9. The van der Waals surface area contributed by atoms with Crippen LogP contribution in [-0.4, -0.2) is 23.6 Å². The first-order valence-corrected chi connectivity index (χ1v) is 9.29. The Labute approximate surface area is 178 Å². The number of nitrogens with zero attached hydrogens (tertiary/aromatic N) is 2. The van der Waals surface area contributed by atoms with Gasteiger partial charge in [0, 0.05) is 6.07 Å². The minimum Gasteiger partial charge on any atom is -0.268 e. The Kier molecular flexibility index (Phi) is 4.07. The number of hydrogen-bond acceptors (Lipinski definition) is 4. The molecule has 6 nitrogen and oxygen atoms in total. The van der Waals surface area contributed by atoms with Gasteiger partial charge in [-0.3, -0.25) is 19.2 Å². The molecule has 0 saturated carbocycles. The van der Waals surface area contributed by atoms with Gasteiger partial charge in [0.05, 0.1) is 39.2 Å². The zero-order chi connectivity index (χ0) is 22.8. The van der Waals surface area contributed by atoms with Crippen LogP contribution >= 0.6 is 0 Å². The molecule has 157 valence electrons. The molecule has 3 aromatic rings. The van der Waals surface area contributed by atoms with Gasteiger partial charge in [-0.25, -0.2) is 9.80 Å². The van der Waals surface area contributed by atoms with Gasteiger partial charge in [-0.05, 0) is 30.3 Å². The van der Waals surface area contributed by atoms with Gasteiger partial charge in [0.1, 0.15) is 0 Å². The van der Waals surface area contributed by atoms with Crippen LogP contribution in [0.3, 0.4) is 0 Å². The maximum atomic E-state index is 14.0. The summed E-state index contributed by atoms with van der Waals surface area (Å²) in [6.07, 6.45) is -4.99. The fraction of sp³-hybridized carbons (Fsp3) is 0.0435. The number of alkyl halides is 3. The predicted octanol–water partition coefficient (Wildman–Crippen LogP) is 4.11. The van der Waals surface area contributed by atoms with E-state index in [1.54, 1.807) is 0 Å². The fourth-order valence-electron chi connectivity index (χ4n) is 3.89. The van der Waals surface area contributed by atoms with Gasteiger partial charge < -0.3 is 0 Å². The molecular weight excluding hydrogens is 425 g/mol. The van der Waals surface area contributed by atoms with Crippen LogP contribution in [0.1, 0.15) is 47.0 Å². The Hall–Kier alpha value is -4.27. The van der Waals surface area contributed by atoms with Crippen LogP contribution in [0.15, 0.2) is 60.7 Å². The van der Waals surface area contributed by atoms with Gasteiger partial charge in [-0.1, -0.05) is 30.3 Å². The van der Waals surface area contributed by atoms with Crippen LogP contribution in [0.2, 0.25) is 0 Å². The number of fused-ring (bicyclic) bond motifs is 2. The van der Waals surface area contributed by atoms with Crippen molar-refractivity contribution in [2.45, 2.75) is 6.18 Å². The van der Waals surface area contributed by atoms with E-state index in [4.69, 9.17) is 0 Å². The van der Waals surface area contributed by atoms with Crippen molar-refractivity contribution in [3.05, 3.63) is 94.5 Å². The van der Waals surface area contributed by atoms with E-state index < -0.39 is 46.7 Å². The molecule has 0 N–H and O–H groups in total. The largest absolute Gasteiger partial charge is 0.418 e. The number of imide groups is 2. The third-order valence-electron chi connectivity index (χ3n) is 5.29. The standard InChI is InChI=1S/C23H10F3N2O4/c24-23(25,26)16-10-5-11-17(27-19(29)12-6-1-2-7-13(12)20(27)30)18(16)28-21(31)14-8-3-4-9-15(14)22(28)32/h1-10H. The van der Waals surface area contributed by atoms with Crippen LogP contribution < -0.4 is 9.80 Å². The van der Waals surface area contributed by atoms with E-state index in [2.05, 4.69) is 6.07 Å². The lowest BCUT2D eigenvalue weighted by Crippen LogP contribution is -2.36. The van der Waals surface area contributed by atoms with Crippen LogP contribution in [0, 0.1) is 6.07 Å². The molecule has 9 heteroatoms. The first-order valence-electron chi connectivity index (χ1n) is 9.29. The topological polar surface area (TPSA) is 74.8 Å². The predicted molar refractivity (Wildman–Crippen MR) is 105 cm³/mol. The lowest BCUT2D eigenvalue weighted by molar-refractivity contribution is -0.137. The summed E-state index contributed by atoms with van der Waals surface area (Å²) in [6, 6.07) is 15.3. The monoisotopic (exact) mass is 435 g/mol. The van der Waals surface area contributed by atoms with E-state index in [-0.39, 0.29) is 22.3 Å². The third-order valence-corrected chi connectivity index (χ3v) is 5.29. The third kappa shape index (κ3) is 2.60. The first-order chi connectivity index (χ1) is 15.2. The molecule has 2 aliphatic heterocycles. The van der Waals surface area contributed by atoms with E-state index in [1.165, 1.54) is 48.5 Å². The number of anilines is 2. The number of halogens is 3. The lowest BCUT2D eigenvalue weighted by Gasteiger charge is -2.26. The number of carbonyl (C=O) groups is 4. The second kappa shape index (κ2) is 6.61. The molecular formula is C23H10F3N2O4. The lowest BCUT2D eigenvalue weighted by atomic mass is 10.1. The fourth-order valence-corrected chi connectivity index (χ4v) is 3.89. The SMILES string of the molecule is O=C1c2ccccc2C(=O)N1c1[c]ccc(C(F)(F)F)c1N1C(=O)c2ccccc2C1=O. The summed E-state index contributed by atoms with van der Waals surface area (Å²) in [5, 5.41) is 0. The molecule has 32 heavy (non-hydrogen) atoms. The summed E-state index contributed by atoms with van der Waals surface area (Å²) in [6.45, 7) is 0. The average molecular weight is 435 g/mol. The Morgan fingerprint density at radius 3 is 1.44 bits per heavy atom. The van der Waals surface area contributed by atoms with E-state index in [9.17, 15) is 32.3 Å². The Bertz CT molecular complexity index is 1290. The molecule has 0 bridgehead atoms. The second-order valence-electron chi connectivity index (χ2n) is 7.07. The van der Waals surface area contributed by atoms with Crippen molar-refractivity contribution in [2.75, 3.05) is 9.80 Å². The Morgan fingerprint density at radius 1 is 0.625 bits per heavy atom. The smallest absolute Gasteiger partial charge is 0.268 e. The average Bonchev–Trinajstić information content (AvgIpc) is 3.18. The summed E-state index contributed by atoms with van der Waals surface area (Å²) >= 11 is 0. The van der Waals surface area contributed by atoms with Crippen LogP contribution in [0.5, 0.6) is 0 Å². The highest BCUT2D eigenvalue weighted by Crippen LogP contribution is 2.46. The van der Waals surface area contributed by atoms with Crippen LogP contribution in [-0.2, 0) is 6.18 Å². The highest BCUT2D eigenvalue weighted by molar-refractivity contribution is 6.39. The maximum Gasteiger partial charge on any atom is 0.418 e. The van der Waals surface area contributed by atoms with Crippen molar-refractivity contribution in [2.24, 2.45) is 0 Å². The number of benzene rings is 3. The zero-order valence-corrected chi connectivity index (χ0v) is 15.9. The molecule has 4 amide bonds. The second-order valence-corrected chi connectivity index (χ2v) is 7.07. The zero-order valence-electron chi connectivity index (χ0n) is 15.9. The first kappa shape index (κ1) is 19.7. The quantitative estimate of drug-likeness (QED) is 0.568. The van der Waals surface area contributed by atoms with Crippen molar-refractivity contribution >= 4 is 35.0 Å². The summed E-state index contributed by atoms with van der Waals surface area (Å²) in [4.78, 5) is 52.7. The number of hydrogen-bond donors (Lipinski definition) is 0. The minimum atomic E-state index is -4.99. The summed E-state index contributed by atoms with van der Waals surface area (Å²) in [7, 11) is 0. The van der Waals surface area contributed by atoms with Gasteiger partial charge in [0.25, 0.3) is 23.6 Å². The van der Waals surface area contributed by atoms with E-state index in [0.717, 1.165) is 6.07 Å². The van der Waals surface area contributed by atoms with Crippen LogP contribution in [0.25, 0.3) is 0 Å². The molecule has 5 rings (SSSR count). The van der Waals surface area contributed by atoms with Gasteiger partial charge in [-0.15, -0.1) is 0 Å². The molecule has 0 aliphatic carbocycles. The molecule has 0 saturated heterocycles. The van der Waals surface area contributed by atoms with Gasteiger partial charge in [0.15, 0.2) is 0 Å². The van der Waals surface area contributed by atoms with Gasteiger partial charge in [0.2, 0.25) is 0 Å². The number of carbonyl (C=O) groups excluding carboxylic acids is 4. The molecule has 0 fully saturated rings. The molecule has 0 atom stereocenters. The molecule has 0 aromatic heterocycles. The maximum absolute atomic E-state index is 14.0. The van der Waals surface area contributed by atoms with Crippen molar-refractivity contribution in [3.63, 3.8) is 0 Å². The van der Waals surface area contributed by atoms with E-state index in [1.807, 2.05) is 0 Å². The number of amides is 4. The van der Waals surface area contributed by atoms with E-state index >= 15 is 0 Å². The van der Waals surface area contributed by atoms with Crippen molar-refractivity contribution in [1.29, 1.82) is 0 Å². The molecule has 3 aromatic carbocycles. The molecule has 2 aliphatic rings. The highest BCUT2D eigenvalue weighted by Gasteiger charge is 2.47. The van der Waals surface area contributed by atoms with Crippen LogP contribution in [0.4, 0.5) is 24.5 Å². The molecule has 1 radical (unpaired) electrons. The van der Waals surface area contributed by atoms with Gasteiger partial charge in [-0.2, -0.15) is 13.2 Å². The van der Waals surface area contributed by atoms with Crippen molar-refractivity contribution < 1.29 is 32.3 Å². The molecule has 2 heterocycles. The van der Waals surface area contributed by atoms with E-state index in [0.29, 0.717) is 15.9 Å². The van der Waals surface area contributed by atoms with Gasteiger partial charge >= 0.3 is 6.18 Å².